The molecule has 0 aromatic carbocycles. The third kappa shape index (κ3) is 3.88. The Bertz CT molecular complexity index is 94.5. The average molecular weight is 130 g/mol. The van der Waals surface area contributed by atoms with Crippen LogP contribution in [-0.4, -0.2) is 17.6 Å². The van der Waals surface area contributed by atoms with Crippen molar-refractivity contribution in [3.63, 3.8) is 0 Å². The van der Waals surface area contributed by atoms with Gasteiger partial charge in [-0.05, 0) is 18.6 Å². The second kappa shape index (κ2) is 5.47. The topological polar surface area (TPSA) is 46.5 Å². The monoisotopic (exact) mass is 130 g/mol. The molecular formula is C6H10O3. The van der Waals surface area contributed by atoms with Gasteiger partial charge in [-0.25, -0.2) is 4.89 Å². The molecule has 3 heteroatoms. The fourth-order valence-electron chi connectivity index (χ4n) is 0.415. The van der Waals surface area contributed by atoms with Gasteiger partial charge in [-0.15, -0.1) is 0 Å². The van der Waals surface area contributed by atoms with E-state index >= 15 is 0 Å². The molecule has 9 heavy (non-hydrogen) atoms. The van der Waals surface area contributed by atoms with Crippen LogP contribution < -0.4 is 0 Å². The van der Waals surface area contributed by atoms with Crippen molar-refractivity contribution < 1.29 is 14.9 Å². The first kappa shape index (κ1) is 8.33. The van der Waals surface area contributed by atoms with Crippen LogP contribution in [0.4, 0.5) is 0 Å². The number of rotatable bonds is 4. The maximum atomic E-state index is 9.72. The van der Waals surface area contributed by atoms with Crippen LogP contribution in [0.2, 0.25) is 0 Å². The van der Waals surface area contributed by atoms with E-state index < -0.39 is 0 Å². The van der Waals surface area contributed by atoms with Crippen molar-refractivity contribution >= 4 is 6.29 Å². The summed E-state index contributed by atoms with van der Waals surface area (Å²) in [5.74, 6) is 0. The van der Waals surface area contributed by atoms with E-state index in [1.807, 2.05) is 6.92 Å². The van der Waals surface area contributed by atoms with Gasteiger partial charge in [0.15, 0.2) is 0 Å². The summed E-state index contributed by atoms with van der Waals surface area (Å²) in [5.41, 5.74) is 0. The summed E-state index contributed by atoms with van der Waals surface area (Å²) in [6, 6.07) is 0. The van der Waals surface area contributed by atoms with Crippen LogP contribution in [0.3, 0.4) is 0 Å². The van der Waals surface area contributed by atoms with Crippen LogP contribution in [0.15, 0.2) is 12.2 Å². The zero-order valence-corrected chi connectivity index (χ0v) is 5.28. The fraction of sp³-hybridized carbons (Fsp3) is 0.500. The molecule has 1 N–H and O–H groups in total. The molecule has 52 valence electrons. The maximum Gasteiger partial charge on any atom is 0.142 e. The van der Waals surface area contributed by atoms with Gasteiger partial charge >= 0.3 is 0 Å². The van der Waals surface area contributed by atoms with Crippen LogP contribution in [0.25, 0.3) is 0 Å². The lowest BCUT2D eigenvalue weighted by molar-refractivity contribution is -0.266. The van der Waals surface area contributed by atoms with E-state index in [1.54, 1.807) is 0 Å². The normalized spacial score (nSPS) is 14.0. The molecule has 0 spiro atoms. The molecule has 0 fully saturated rings. The van der Waals surface area contributed by atoms with Crippen molar-refractivity contribution in [3.05, 3.63) is 12.2 Å². The first-order valence-electron chi connectivity index (χ1n) is 2.77. The molecule has 0 rings (SSSR count). The van der Waals surface area contributed by atoms with Gasteiger partial charge in [-0.3, -0.25) is 10.1 Å². The molecule has 0 aliphatic rings. The molecule has 0 aliphatic carbocycles. The lowest BCUT2D eigenvalue weighted by atomic mass is 10.2. The predicted molar refractivity (Wildman–Crippen MR) is 33.0 cm³/mol. The van der Waals surface area contributed by atoms with Crippen molar-refractivity contribution in [2.75, 3.05) is 0 Å². The molecule has 3 nitrogen and oxygen atoms in total. The van der Waals surface area contributed by atoms with Crippen molar-refractivity contribution in [2.45, 2.75) is 19.4 Å². The van der Waals surface area contributed by atoms with Crippen LogP contribution >= 0.6 is 0 Å². The minimum atomic E-state index is -0.352. The minimum absolute atomic E-state index is 0.352. The Morgan fingerprint density at radius 2 is 2.44 bits per heavy atom. The van der Waals surface area contributed by atoms with Crippen LogP contribution in [0.1, 0.15) is 13.3 Å². The van der Waals surface area contributed by atoms with Gasteiger partial charge in [-0.2, -0.15) is 0 Å². The second-order valence-electron chi connectivity index (χ2n) is 1.57. The number of carbonyl (C=O) groups excluding carboxylic acids is 1. The zero-order valence-electron chi connectivity index (χ0n) is 5.28. The summed E-state index contributed by atoms with van der Waals surface area (Å²) in [7, 11) is 0. The molecule has 0 saturated carbocycles. The predicted octanol–water partition coefficient (Wildman–Crippen LogP) is 1.01. The van der Waals surface area contributed by atoms with Crippen LogP contribution in [0.5, 0.6) is 0 Å². The highest BCUT2D eigenvalue weighted by atomic mass is 17.1. The van der Waals surface area contributed by atoms with Gasteiger partial charge in [0.1, 0.15) is 12.4 Å². The number of allylic oxidation sites excluding steroid dienone is 1. The lowest BCUT2D eigenvalue weighted by Crippen LogP contribution is -2.04. The number of hydrogen-bond donors (Lipinski definition) is 1. The van der Waals surface area contributed by atoms with E-state index in [1.165, 1.54) is 12.2 Å². The summed E-state index contributed by atoms with van der Waals surface area (Å²) in [5, 5.41) is 8.09. The molecule has 1 atom stereocenters. The highest BCUT2D eigenvalue weighted by Crippen LogP contribution is 1.95. The van der Waals surface area contributed by atoms with Crippen molar-refractivity contribution in [2.24, 2.45) is 0 Å². The fourth-order valence-corrected chi connectivity index (χ4v) is 0.415. The Morgan fingerprint density at radius 1 is 1.78 bits per heavy atom. The Balaban J connectivity index is 3.53. The Hall–Kier alpha value is -0.670. The van der Waals surface area contributed by atoms with Gasteiger partial charge in [0.2, 0.25) is 0 Å². The van der Waals surface area contributed by atoms with E-state index in [-0.39, 0.29) is 6.10 Å². The summed E-state index contributed by atoms with van der Waals surface area (Å²) < 4.78 is 0. The lowest BCUT2D eigenvalue weighted by Gasteiger charge is -2.01. The molecule has 0 bridgehead atoms. The Kier molecular flexibility index (Phi) is 5.06. The molecule has 0 heterocycles. The van der Waals surface area contributed by atoms with Crippen molar-refractivity contribution in [3.8, 4) is 0 Å². The van der Waals surface area contributed by atoms with E-state index in [0.717, 1.165) is 0 Å². The van der Waals surface area contributed by atoms with Gasteiger partial charge < -0.3 is 0 Å². The van der Waals surface area contributed by atoms with Gasteiger partial charge in [0.25, 0.3) is 0 Å². The SMILES string of the molecule is CCC(/C=C/C=O)OO. The Labute approximate surface area is 53.9 Å². The van der Waals surface area contributed by atoms with Crippen LogP contribution in [-0.2, 0) is 9.68 Å². The van der Waals surface area contributed by atoms with E-state index in [4.69, 9.17) is 5.26 Å². The molecule has 0 radical (unpaired) electrons. The van der Waals surface area contributed by atoms with Crippen molar-refractivity contribution in [1.82, 2.24) is 0 Å². The zero-order chi connectivity index (χ0) is 7.11. The molecular weight excluding hydrogens is 120 g/mol. The van der Waals surface area contributed by atoms with Gasteiger partial charge in [-0.1, -0.05) is 6.92 Å². The molecule has 0 saturated heterocycles. The molecule has 0 amide bonds. The van der Waals surface area contributed by atoms with Crippen LogP contribution in [0, 0.1) is 0 Å². The molecule has 0 aromatic heterocycles. The highest BCUT2D eigenvalue weighted by Gasteiger charge is 1.97. The highest BCUT2D eigenvalue weighted by molar-refractivity contribution is 5.64. The van der Waals surface area contributed by atoms with E-state index in [0.29, 0.717) is 12.7 Å². The van der Waals surface area contributed by atoms with Gasteiger partial charge in [0.05, 0.1) is 0 Å². The van der Waals surface area contributed by atoms with Crippen molar-refractivity contribution in [1.29, 1.82) is 0 Å². The van der Waals surface area contributed by atoms with Gasteiger partial charge in [0, 0.05) is 0 Å². The number of carbonyl (C=O) groups is 1. The third-order valence-corrected chi connectivity index (χ3v) is 0.942. The number of hydrogen-bond acceptors (Lipinski definition) is 3. The summed E-state index contributed by atoms with van der Waals surface area (Å²) >= 11 is 0. The third-order valence-electron chi connectivity index (χ3n) is 0.942. The summed E-state index contributed by atoms with van der Waals surface area (Å²) in [6.07, 6.45) is 3.73. The number of aldehydes is 1. The summed E-state index contributed by atoms with van der Waals surface area (Å²) in [4.78, 5) is 13.7. The first-order chi connectivity index (χ1) is 4.35. The van der Waals surface area contributed by atoms with E-state index in [2.05, 4.69) is 4.89 Å². The molecule has 1 unspecified atom stereocenters. The average Bonchev–Trinajstić information content (AvgIpc) is 1.91. The maximum absolute atomic E-state index is 9.72. The first-order valence-corrected chi connectivity index (χ1v) is 2.77. The Morgan fingerprint density at radius 3 is 2.78 bits per heavy atom. The summed E-state index contributed by atoms with van der Waals surface area (Å²) in [6.45, 7) is 1.84. The quantitative estimate of drug-likeness (QED) is 0.267. The molecule has 0 aromatic rings. The van der Waals surface area contributed by atoms with E-state index in [9.17, 15) is 4.79 Å². The smallest absolute Gasteiger partial charge is 0.142 e. The standard InChI is InChI=1S/C6H10O3/c1-2-6(9-8)4-3-5-7/h3-6,8H,2H2,1H3/b4-3+. The second-order valence-corrected chi connectivity index (χ2v) is 1.57. The molecule has 0 aliphatic heterocycles. The largest absolute Gasteiger partial charge is 0.299 e. The minimum Gasteiger partial charge on any atom is -0.299 e.